The number of rotatable bonds is 7. The molecule has 0 saturated heterocycles. The summed E-state index contributed by atoms with van der Waals surface area (Å²) in [5.41, 5.74) is 2.55. The Labute approximate surface area is 126 Å². The predicted molar refractivity (Wildman–Crippen MR) is 85.4 cm³/mol. The number of hydrogen-bond acceptors (Lipinski definition) is 2. The van der Waals surface area contributed by atoms with Gasteiger partial charge in [-0.25, -0.2) is 0 Å². The molecule has 0 aliphatic rings. The van der Waals surface area contributed by atoms with Crippen molar-refractivity contribution in [2.24, 2.45) is 0 Å². The van der Waals surface area contributed by atoms with Crippen molar-refractivity contribution in [3.8, 4) is 0 Å². The van der Waals surface area contributed by atoms with Crippen LogP contribution < -0.4 is 5.32 Å². The summed E-state index contributed by atoms with van der Waals surface area (Å²) in [5.74, 6) is -0.227. The van der Waals surface area contributed by atoms with Gasteiger partial charge in [-0.3, -0.25) is 9.69 Å². The van der Waals surface area contributed by atoms with Crippen LogP contribution in [0.5, 0.6) is 0 Å². The Morgan fingerprint density at radius 2 is 1.38 bits per heavy atom. The molecule has 1 amide bonds. The van der Waals surface area contributed by atoms with Crippen molar-refractivity contribution >= 4 is 5.91 Å². The molecule has 0 aromatic heterocycles. The number of benzene rings is 2. The molecule has 3 nitrogen and oxygen atoms in total. The SMILES string of the molecule is [CH2]C(=O)NCCN(Cc1ccccc1)Cc1ccccc1. The van der Waals surface area contributed by atoms with E-state index in [0.29, 0.717) is 6.54 Å². The van der Waals surface area contributed by atoms with Crippen LogP contribution in [0.15, 0.2) is 60.7 Å². The summed E-state index contributed by atoms with van der Waals surface area (Å²) in [6.07, 6.45) is 0. The number of hydrogen-bond donors (Lipinski definition) is 1. The van der Waals surface area contributed by atoms with E-state index >= 15 is 0 Å². The first-order chi connectivity index (χ1) is 10.2. The second-order valence-electron chi connectivity index (χ2n) is 5.03. The average molecular weight is 281 g/mol. The Kier molecular flexibility index (Phi) is 5.98. The van der Waals surface area contributed by atoms with Gasteiger partial charge in [0.05, 0.1) is 0 Å². The van der Waals surface area contributed by atoms with Crippen molar-refractivity contribution in [2.75, 3.05) is 13.1 Å². The molecule has 0 saturated carbocycles. The van der Waals surface area contributed by atoms with Crippen LogP contribution in [-0.2, 0) is 17.9 Å². The Morgan fingerprint density at radius 3 is 1.81 bits per heavy atom. The Bertz CT molecular complexity index is 498. The van der Waals surface area contributed by atoms with E-state index < -0.39 is 0 Å². The Balaban J connectivity index is 1.97. The molecule has 21 heavy (non-hydrogen) atoms. The third kappa shape index (κ3) is 5.79. The molecule has 2 aromatic rings. The van der Waals surface area contributed by atoms with Crippen LogP contribution in [-0.4, -0.2) is 23.9 Å². The molecule has 0 aliphatic carbocycles. The van der Waals surface area contributed by atoms with Crippen LogP contribution in [0.1, 0.15) is 11.1 Å². The van der Waals surface area contributed by atoms with Gasteiger partial charge in [0.15, 0.2) is 0 Å². The zero-order valence-corrected chi connectivity index (χ0v) is 12.2. The lowest BCUT2D eigenvalue weighted by molar-refractivity contribution is -0.116. The van der Waals surface area contributed by atoms with Gasteiger partial charge in [0.2, 0.25) is 5.91 Å². The number of carbonyl (C=O) groups is 1. The summed E-state index contributed by atoms with van der Waals surface area (Å²) in [7, 11) is 0. The summed E-state index contributed by atoms with van der Waals surface area (Å²) in [6.45, 7) is 6.47. The highest BCUT2D eigenvalue weighted by molar-refractivity contribution is 5.79. The van der Waals surface area contributed by atoms with E-state index in [9.17, 15) is 4.79 Å². The maximum Gasteiger partial charge on any atom is 0.220 e. The molecule has 3 heteroatoms. The molecule has 1 N–H and O–H groups in total. The highest BCUT2D eigenvalue weighted by Gasteiger charge is 2.07. The summed E-state index contributed by atoms with van der Waals surface area (Å²) in [4.78, 5) is 13.2. The van der Waals surface area contributed by atoms with Crippen molar-refractivity contribution in [1.29, 1.82) is 0 Å². The third-order valence-corrected chi connectivity index (χ3v) is 3.25. The van der Waals surface area contributed by atoms with E-state index in [4.69, 9.17) is 0 Å². The largest absolute Gasteiger partial charge is 0.355 e. The molecule has 0 aliphatic heterocycles. The van der Waals surface area contributed by atoms with Gasteiger partial charge in [-0.1, -0.05) is 60.7 Å². The van der Waals surface area contributed by atoms with Crippen LogP contribution in [0, 0.1) is 6.92 Å². The Morgan fingerprint density at radius 1 is 0.905 bits per heavy atom. The van der Waals surface area contributed by atoms with Gasteiger partial charge in [0.25, 0.3) is 0 Å². The van der Waals surface area contributed by atoms with Crippen LogP contribution >= 0.6 is 0 Å². The lowest BCUT2D eigenvalue weighted by Crippen LogP contribution is -2.33. The second-order valence-corrected chi connectivity index (χ2v) is 5.03. The van der Waals surface area contributed by atoms with Gasteiger partial charge in [-0.2, -0.15) is 0 Å². The summed E-state index contributed by atoms with van der Waals surface area (Å²) < 4.78 is 0. The molecule has 0 spiro atoms. The summed E-state index contributed by atoms with van der Waals surface area (Å²) in [5, 5.41) is 2.76. The minimum absolute atomic E-state index is 0.227. The first-order valence-corrected chi connectivity index (χ1v) is 7.14. The van der Waals surface area contributed by atoms with Gasteiger partial charge >= 0.3 is 0 Å². The molecule has 0 unspecified atom stereocenters. The summed E-state index contributed by atoms with van der Waals surface area (Å²) >= 11 is 0. The van der Waals surface area contributed by atoms with Gasteiger partial charge in [-0.15, -0.1) is 0 Å². The predicted octanol–water partition coefficient (Wildman–Crippen LogP) is 2.64. The number of nitrogens with one attached hydrogen (secondary N) is 1. The lowest BCUT2D eigenvalue weighted by atomic mass is 10.1. The van der Waals surface area contributed by atoms with E-state index in [0.717, 1.165) is 19.6 Å². The topological polar surface area (TPSA) is 32.3 Å². The monoisotopic (exact) mass is 281 g/mol. The zero-order valence-electron chi connectivity index (χ0n) is 12.2. The molecule has 0 heterocycles. The standard InChI is InChI=1S/C18H21N2O/c1-16(21)19-12-13-20(14-17-8-4-2-5-9-17)15-18-10-6-3-7-11-18/h2-11H,1,12-15H2,(H,19,21). The van der Waals surface area contributed by atoms with Gasteiger partial charge in [0, 0.05) is 33.1 Å². The second kappa shape index (κ2) is 8.22. The number of carbonyl (C=O) groups excluding carboxylic acids is 1. The van der Waals surface area contributed by atoms with Crippen LogP contribution in [0.4, 0.5) is 0 Å². The van der Waals surface area contributed by atoms with Crippen molar-refractivity contribution in [3.63, 3.8) is 0 Å². The quantitative estimate of drug-likeness (QED) is 0.846. The maximum absolute atomic E-state index is 10.9. The van der Waals surface area contributed by atoms with E-state index in [1.165, 1.54) is 11.1 Å². The Hall–Kier alpha value is -2.13. The van der Waals surface area contributed by atoms with E-state index in [2.05, 4.69) is 41.4 Å². The zero-order chi connectivity index (χ0) is 14.9. The normalized spacial score (nSPS) is 10.6. The van der Waals surface area contributed by atoms with Crippen molar-refractivity contribution in [1.82, 2.24) is 10.2 Å². The third-order valence-electron chi connectivity index (χ3n) is 3.25. The van der Waals surface area contributed by atoms with E-state index in [1.807, 2.05) is 36.4 Å². The number of nitrogens with zero attached hydrogens (tertiary/aromatic N) is 1. The minimum Gasteiger partial charge on any atom is -0.355 e. The fourth-order valence-corrected chi connectivity index (χ4v) is 2.25. The summed E-state index contributed by atoms with van der Waals surface area (Å²) in [6, 6.07) is 20.7. The van der Waals surface area contributed by atoms with Crippen molar-refractivity contribution < 1.29 is 4.79 Å². The fourth-order valence-electron chi connectivity index (χ4n) is 2.25. The van der Waals surface area contributed by atoms with Crippen molar-refractivity contribution in [2.45, 2.75) is 13.1 Å². The maximum atomic E-state index is 10.9. The molecule has 0 bridgehead atoms. The highest BCUT2D eigenvalue weighted by atomic mass is 16.1. The molecule has 0 fully saturated rings. The van der Waals surface area contributed by atoms with E-state index in [-0.39, 0.29) is 5.91 Å². The van der Waals surface area contributed by atoms with Gasteiger partial charge in [0.1, 0.15) is 0 Å². The molecule has 2 aromatic carbocycles. The molecular weight excluding hydrogens is 260 g/mol. The molecular formula is C18H21N2O. The lowest BCUT2D eigenvalue weighted by Gasteiger charge is -2.22. The molecule has 1 radical (unpaired) electrons. The van der Waals surface area contributed by atoms with Gasteiger partial charge in [-0.05, 0) is 11.1 Å². The number of amides is 1. The molecule has 2 rings (SSSR count). The highest BCUT2D eigenvalue weighted by Crippen LogP contribution is 2.09. The van der Waals surface area contributed by atoms with Crippen LogP contribution in [0.2, 0.25) is 0 Å². The minimum atomic E-state index is -0.227. The first-order valence-electron chi connectivity index (χ1n) is 7.14. The molecule has 109 valence electrons. The van der Waals surface area contributed by atoms with Crippen molar-refractivity contribution in [3.05, 3.63) is 78.7 Å². The van der Waals surface area contributed by atoms with Crippen LogP contribution in [0.3, 0.4) is 0 Å². The van der Waals surface area contributed by atoms with Gasteiger partial charge < -0.3 is 5.32 Å². The van der Waals surface area contributed by atoms with Crippen LogP contribution in [0.25, 0.3) is 0 Å². The smallest absolute Gasteiger partial charge is 0.220 e. The van der Waals surface area contributed by atoms with E-state index in [1.54, 1.807) is 0 Å². The first kappa shape index (κ1) is 15.3. The molecule has 0 atom stereocenters. The average Bonchev–Trinajstić information content (AvgIpc) is 2.49. The fraction of sp³-hybridized carbons (Fsp3) is 0.222.